The van der Waals surface area contributed by atoms with Gasteiger partial charge in [-0.2, -0.15) is 0 Å². The van der Waals surface area contributed by atoms with E-state index in [0.29, 0.717) is 6.04 Å². The van der Waals surface area contributed by atoms with Crippen LogP contribution in [0, 0.1) is 6.92 Å². The number of anilines is 1. The van der Waals surface area contributed by atoms with Gasteiger partial charge in [0.15, 0.2) is 5.11 Å². The van der Waals surface area contributed by atoms with Crippen LogP contribution in [0.3, 0.4) is 0 Å². The molecule has 1 aliphatic rings. The molecule has 1 fully saturated rings. The van der Waals surface area contributed by atoms with Crippen molar-refractivity contribution in [2.45, 2.75) is 64.6 Å². The minimum absolute atomic E-state index is 0.248. The van der Waals surface area contributed by atoms with Crippen LogP contribution in [0.5, 0.6) is 0 Å². The number of aryl methyl sites for hydroxylation is 1. The highest BCUT2D eigenvalue weighted by Gasteiger charge is 2.41. The highest BCUT2D eigenvalue weighted by molar-refractivity contribution is 7.80. The first-order chi connectivity index (χ1) is 9.67. The van der Waals surface area contributed by atoms with Crippen molar-refractivity contribution in [1.29, 1.82) is 0 Å². The summed E-state index contributed by atoms with van der Waals surface area (Å²) < 4.78 is 0. The second-order valence-corrected chi connectivity index (χ2v) is 8.05. The second-order valence-electron chi connectivity index (χ2n) is 7.64. The Morgan fingerprint density at radius 2 is 1.71 bits per heavy atom. The lowest BCUT2D eigenvalue weighted by Gasteiger charge is -2.43. The average molecular weight is 306 g/mol. The Morgan fingerprint density at radius 1 is 1.14 bits per heavy atom. The summed E-state index contributed by atoms with van der Waals surface area (Å²) in [5.41, 5.74) is 2.78. The molecule has 2 rings (SSSR count). The van der Waals surface area contributed by atoms with Crippen LogP contribution in [0.1, 0.15) is 46.1 Å². The maximum absolute atomic E-state index is 5.49. The maximum Gasteiger partial charge on any atom is 0.171 e. The van der Waals surface area contributed by atoms with Crippen LogP contribution >= 0.6 is 12.2 Å². The van der Waals surface area contributed by atoms with Crippen molar-refractivity contribution >= 4 is 23.0 Å². The predicted molar refractivity (Wildman–Crippen MR) is 93.6 cm³/mol. The summed E-state index contributed by atoms with van der Waals surface area (Å²) in [6.45, 7) is 11.3. The minimum Gasteiger partial charge on any atom is -0.359 e. The largest absolute Gasteiger partial charge is 0.359 e. The van der Waals surface area contributed by atoms with E-state index in [1.807, 2.05) is 12.1 Å². The number of piperidine rings is 1. The lowest BCUT2D eigenvalue weighted by Crippen LogP contribution is -3.06. The topological polar surface area (TPSA) is 40.7 Å². The Balaban J connectivity index is 1.98. The van der Waals surface area contributed by atoms with E-state index in [9.17, 15) is 0 Å². The van der Waals surface area contributed by atoms with Gasteiger partial charge in [-0.15, -0.1) is 0 Å². The summed E-state index contributed by atoms with van der Waals surface area (Å²) >= 11 is 5.49. The van der Waals surface area contributed by atoms with E-state index < -0.39 is 0 Å². The number of thiocarbonyl (C=S) groups is 1. The molecule has 4 heteroatoms. The smallest absolute Gasteiger partial charge is 0.171 e. The fourth-order valence-corrected chi connectivity index (χ4v) is 3.95. The van der Waals surface area contributed by atoms with Gasteiger partial charge in [-0.25, -0.2) is 0 Å². The third kappa shape index (κ3) is 4.68. The summed E-state index contributed by atoms with van der Waals surface area (Å²) in [5.74, 6) is 0. The highest BCUT2D eigenvalue weighted by atomic mass is 32.1. The molecule has 0 atom stereocenters. The van der Waals surface area contributed by atoms with E-state index in [-0.39, 0.29) is 11.1 Å². The van der Waals surface area contributed by atoms with Crippen LogP contribution in [-0.4, -0.2) is 22.2 Å². The molecule has 21 heavy (non-hydrogen) atoms. The van der Waals surface area contributed by atoms with Crippen molar-refractivity contribution in [3.05, 3.63) is 29.8 Å². The Labute approximate surface area is 133 Å². The number of hydrogen-bond donors (Lipinski definition) is 3. The molecule has 1 heterocycles. The van der Waals surface area contributed by atoms with Crippen molar-refractivity contribution in [2.24, 2.45) is 0 Å². The molecule has 0 unspecified atom stereocenters. The zero-order chi connectivity index (χ0) is 15.7. The molecule has 1 saturated heterocycles. The van der Waals surface area contributed by atoms with Gasteiger partial charge in [0, 0.05) is 24.6 Å². The Kier molecular flexibility index (Phi) is 4.59. The molecule has 3 nitrogen and oxygen atoms in total. The molecule has 1 aliphatic heterocycles. The van der Waals surface area contributed by atoms with Crippen LogP contribution in [0.25, 0.3) is 0 Å². The fraction of sp³-hybridized carbons (Fsp3) is 0.588. The third-order valence-electron chi connectivity index (χ3n) is 4.05. The van der Waals surface area contributed by atoms with Gasteiger partial charge in [0.2, 0.25) is 0 Å². The predicted octanol–water partition coefficient (Wildman–Crippen LogP) is 2.56. The van der Waals surface area contributed by atoms with E-state index in [2.05, 4.69) is 62.7 Å². The van der Waals surface area contributed by atoms with Crippen molar-refractivity contribution < 1.29 is 5.32 Å². The maximum atomic E-state index is 5.49. The van der Waals surface area contributed by atoms with E-state index in [4.69, 9.17) is 12.2 Å². The van der Waals surface area contributed by atoms with Gasteiger partial charge in [0.05, 0.1) is 11.1 Å². The first kappa shape index (κ1) is 16.2. The fourth-order valence-electron chi connectivity index (χ4n) is 3.68. The summed E-state index contributed by atoms with van der Waals surface area (Å²) in [6.07, 6.45) is 2.23. The number of hydrogen-bond acceptors (Lipinski definition) is 1. The number of nitrogens with two attached hydrogens (primary N) is 1. The lowest BCUT2D eigenvalue weighted by atomic mass is 9.80. The first-order valence-electron chi connectivity index (χ1n) is 7.67. The molecule has 0 amide bonds. The Morgan fingerprint density at radius 3 is 2.29 bits per heavy atom. The van der Waals surface area contributed by atoms with Gasteiger partial charge in [-0.3, -0.25) is 0 Å². The Hall–Kier alpha value is -1.13. The summed E-state index contributed by atoms with van der Waals surface area (Å²) in [7, 11) is 0. The van der Waals surface area contributed by atoms with Crippen molar-refractivity contribution in [1.82, 2.24) is 5.32 Å². The molecule has 1 aromatic carbocycles. The lowest BCUT2D eigenvalue weighted by molar-refractivity contribution is -0.787. The van der Waals surface area contributed by atoms with E-state index in [1.165, 1.54) is 5.56 Å². The van der Waals surface area contributed by atoms with Crippen LogP contribution in [0.2, 0.25) is 0 Å². The first-order valence-corrected chi connectivity index (χ1v) is 8.08. The number of quaternary nitrogens is 1. The molecule has 0 aromatic heterocycles. The summed E-state index contributed by atoms with van der Waals surface area (Å²) in [6, 6.07) is 8.64. The summed E-state index contributed by atoms with van der Waals surface area (Å²) in [4.78, 5) is 0. The molecule has 1 aromatic rings. The van der Waals surface area contributed by atoms with Gasteiger partial charge < -0.3 is 16.0 Å². The molecule has 0 spiro atoms. The zero-order valence-corrected chi connectivity index (χ0v) is 14.6. The number of benzene rings is 1. The van der Waals surface area contributed by atoms with Gasteiger partial charge in [-0.05, 0) is 58.5 Å². The normalized spacial score (nSPS) is 20.8. The summed E-state index contributed by atoms with van der Waals surface area (Å²) in [5, 5.41) is 10.0. The van der Waals surface area contributed by atoms with Crippen molar-refractivity contribution in [3.8, 4) is 0 Å². The van der Waals surface area contributed by atoms with Crippen LogP contribution in [-0.2, 0) is 0 Å². The quantitative estimate of drug-likeness (QED) is 0.736. The standard InChI is InChI=1S/C17H27N3S/c1-12-8-6-7-9-14(12)19-15(21)18-13-10-16(2,3)20-17(4,5)11-13/h6-9,13,20H,10-11H2,1-5H3,(H2,18,19,21)/p+1. The molecule has 0 aliphatic carbocycles. The van der Waals surface area contributed by atoms with Gasteiger partial charge in [0.1, 0.15) is 0 Å². The molecule has 116 valence electrons. The Bertz CT molecular complexity index is 507. The number of nitrogens with one attached hydrogen (secondary N) is 2. The molecule has 0 radical (unpaired) electrons. The molecular formula is C17H28N3S+. The van der Waals surface area contributed by atoms with Gasteiger partial charge >= 0.3 is 0 Å². The van der Waals surface area contributed by atoms with Crippen LogP contribution in [0.15, 0.2) is 24.3 Å². The minimum atomic E-state index is 0.248. The van der Waals surface area contributed by atoms with Crippen molar-refractivity contribution in [2.75, 3.05) is 5.32 Å². The van der Waals surface area contributed by atoms with Gasteiger partial charge in [-0.1, -0.05) is 18.2 Å². The van der Waals surface area contributed by atoms with Crippen LogP contribution < -0.4 is 16.0 Å². The van der Waals surface area contributed by atoms with Gasteiger partial charge in [0.25, 0.3) is 0 Å². The monoisotopic (exact) mass is 306 g/mol. The molecular weight excluding hydrogens is 278 g/mol. The van der Waals surface area contributed by atoms with E-state index in [0.717, 1.165) is 23.6 Å². The zero-order valence-electron chi connectivity index (χ0n) is 13.8. The third-order valence-corrected chi connectivity index (χ3v) is 4.27. The van der Waals surface area contributed by atoms with Crippen LogP contribution in [0.4, 0.5) is 5.69 Å². The van der Waals surface area contributed by atoms with E-state index in [1.54, 1.807) is 0 Å². The SMILES string of the molecule is Cc1ccccc1NC(=S)NC1CC(C)(C)[NH2+]C(C)(C)C1. The number of rotatable bonds is 2. The molecule has 4 N–H and O–H groups in total. The highest BCUT2D eigenvalue weighted by Crippen LogP contribution is 2.22. The molecule has 0 saturated carbocycles. The molecule has 0 bridgehead atoms. The second kappa shape index (κ2) is 5.93. The van der Waals surface area contributed by atoms with E-state index >= 15 is 0 Å². The van der Waals surface area contributed by atoms with Crippen molar-refractivity contribution in [3.63, 3.8) is 0 Å². The average Bonchev–Trinajstić information content (AvgIpc) is 2.27. The number of para-hydroxylation sites is 1.